The van der Waals surface area contributed by atoms with Crippen molar-refractivity contribution in [1.82, 2.24) is 5.32 Å². The van der Waals surface area contributed by atoms with Crippen molar-refractivity contribution in [3.8, 4) is 0 Å². The predicted molar refractivity (Wildman–Crippen MR) is 56.1 cm³/mol. The Hall–Kier alpha value is -0.730. The van der Waals surface area contributed by atoms with Gasteiger partial charge in [-0.15, -0.1) is 0 Å². The molecule has 1 fully saturated rings. The number of benzene rings is 1. The van der Waals surface area contributed by atoms with E-state index in [2.05, 4.69) is 10.6 Å². The van der Waals surface area contributed by atoms with Crippen LogP contribution in [0.1, 0.15) is 12.8 Å². The smallest absolute Gasteiger partial charge is 0.0768 e. The number of nitrogens with one attached hydrogen (secondary N) is 2. The van der Waals surface area contributed by atoms with Crippen LogP contribution in [0.25, 0.3) is 0 Å². The molecule has 0 aromatic heterocycles. The van der Waals surface area contributed by atoms with Crippen LogP contribution in [-0.4, -0.2) is 12.7 Å². The van der Waals surface area contributed by atoms with E-state index < -0.39 is 0 Å². The van der Waals surface area contributed by atoms with Gasteiger partial charge in [-0.2, -0.15) is 0 Å². The number of rotatable bonds is 2. The fourth-order valence-corrected chi connectivity index (χ4v) is 1.68. The molecule has 0 radical (unpaired) electrons. The van der Waals surface area contributed by atoms with Crippen LogP contribution in [0.15, 0.2) is 24.3 Å². The van der Waals surface area contributed by atoms with Gasteiger partial charge in [0.15, 0.2) is 0 Å². The van der Waals surface area contributed by atoms with Crippen molar-refractivity contribution in [2.45, 2.75) is 19.0 Å². The maximum Gasteiger partial charge on any atom is 0.0768 e. The summed E-state index contributed by atoms with van der Waals surface area (Å²) in [7, 11) is 0. The molecule has 3 heteroatoms. The Morgan fingerprint density at radius 3 is 2.69 bits per heavy atom. The SMILES string of the molecule is Clc1ccc(NC2CCCN2)cc1. The van der Waals surface area contributed by atoms with Gasteiger partial charge in [0.05, 0.1) is 6.17 Å². The average Bonchev–Trinajstić information content (AvgIpc) is 2.62. The fourth-order valence-electron chi connectivity index (χ4n) is 1.56. The third-order valence-corrected chi connectivity index (χ3v) is 2.50. The molecule has 1 saturated heterocycles. The molecule has 2 N–H and O–H groups in total. The highest BCUT2D eigenvalue weighted by Gasteiger charge is 2.12. The molecule has 1 aromatic carbocycles. The Bertz CT molecular complexity index is 265. The monoisotopic (exact) mass is 196 g/mol. The van der Waals surface area contributed by atoms with Gasteiger partial charge in [-0.3, -0.25) is 5.32 Å². The second-order valence-electron chi connectivity index (χ2n) is 3.30. The Labute approximate surface area is 83.3 Å². The van der Waals surface area contributed by atoms with Gasteiger partial charge in [0.1, 0.15) is 0 Å². The standard InChI is InChI=1S/C10H13ClN2/c11-8-3-5-9(6-4-8)13-10-2-1-7-12-10/h3-6,10,12-13H,1-2,7H2. The van der Waals surface area contributed by atoms with Gasteiger partial charge in [-0.05, 0) is 43.7 Å². The molecule has 0 spiro atoms. The summed E-state index contributed by atoms with van der Waals surface area (Å²) in [6.07, 6.45) is 2.88. The van der Waals surface area contributed by atoms with Crippen LogP contribution in [0, 0.1) is 0 Å². The molecule has 0 bridgehead atoms. The van der Waals surface area contributed by atoms with Gasteiger partial charge in [-0.1, -0.05) is 11.6 Å². The number of anilines is 1. The zero-order valence-electron chi connectivity index (χ0n) is 7.39. The largest absolute Gasteiger partial charge is 0.370 e. The van der Waals surface area contributed by atoms with Crippen LogP contribution >= 0.6 is 11.6 Å². The Balaban J connectivity index is 1.97. The van der Waals surface area contributed by atoms with E-state index in [0.29, 0.717) is 6.17 Å². The van der Waals surface area contributed by atoms with E-state index in [4.69, 9.17) is 11.6 Å². The first-order valence-corrected chi connectivity index (χ1v) is 4.98. The quantitative estimate of drug-likeness (QED) is 0.760. The van der Waals surface area contributed by atoms with Gasteiger partial charge in [0, 0.05) is 10.7 Å². The fraction of sp³-hybridized carbons (Fsp3) is 0.400. The van der Waals surface area contributed by atoms with Crippen LogP contribution < -0.4 is 10.6 Å². The van der Waals surface area contributed by atoms with Gasteiger partial charge >= 0.3 is 0 Å². The molecule has 1 unspecified atom stereocenters. The third-order valence-electron chi connectivity index (χ3n) is 2.25. The van der Waals surface area contributed by atoms with Crippen molar-refractivity contribution in [2.24, 2.45) is 0 Å². The molecule has 2 nitrogen and oxygen atoms in total. The lowest BCUT2D eigenvalue weighted by Crippen LogP contribution is -2.29. The Kier molecular flexibility index (Phi) is 2.71. The molecule has 0 aliphatic carbocycles. The second kappa shape index (κ2) is 3.99. The first kappa shape index (κ1) is 8.85. The normalized spacial score (nSPS) is 21.8. The van der Waals surface area contributed by atoms with Crippen LogP contribution in [0.4, 0.5) is 5.69 Å². The highest BCUT2D eigenvalue weighted by atomic mass is 35.5. The van der Waals surface area contributed by atoms with Crippen molar-refractivity contribution in [3.05, 3.63) is 29.3 Å². The van der Waals surface area contributed by atoms with Crippen molar-refractivity contribution in [2.75, 3.05) is 11.9 Å². The van der Waals surface area contributed by atoms with E-state index in [1.165, 1.54) is 12.8 Å². The van der Waals surface area contributed by atoms with E-state index in [-0.39, 0.29) is 0 Å². The van der Waals surface area contributed by atoms with E-state index in [1.54, 1.807) is 0 Å². The molecule has 2 rings (SSSR count). The highest BCUT2D eigenvalue weighted by molar-refractivity contribution is 6.30. The molecule has 13 heavy (non-hydrogen) atoms. The minimum atomic E-state index is 0.432. The molecule has 1 aromatic rings. The second-order valence-corrected chi connectivity index (χ2v) is 3.74. The van der Waals surface area contributed by atoms with Crippen molar-refractivity contribution < 1.29 is 0 Å². The molecule has 1 atom stereocenters. The maximum atomic E-state index is 5.78. The summed E-state index contributed by atoms with van der Waals surface area (Å²) in [5.74, 6) is 0. The lowest BCUT2D eigenvalue weighted by Gasteiger charge is -2.13. The lowest BCUT2D eigenvalue weighted by molar-refractivity contribution is 0.679. The summed E-state index contributed by atoms with van der Waals surface area (Å²) in [6.45, 7) is 1.12. The maximum absolute atomic E-state index is 5.78. The first-order valence-electron chi connectivity index (χ1n) is 4.60. The summed E-state index contributed by atoms with van der Waals surface area (Å²) in [5.41, 5.74) is 1.13. The van der Waals surface area contributed by atoms with Crippen LogP contribution in [-0.2, 0) is 0 Å². The zero-order chi connectivity index (χ0) is 9.10. The third kappa shape index (κ3) is 2.36. The van der Waals surface area contributed by atoms with Crippen LogP contribution in [0.3, 0.4) is 0 Å². The summed E-state index contributed by atoms with van der Waals surface area (Å²) < 4.78 is 0. The van der Waals surface area contributed by atoms with Gasteiger partial charge in [-0.25, -0.2) is 0 Å². The van der Waals surface area contributed by atoms with Gasteiger partial charge < -0.3 is 5.32 Å². The Morgan fingerprint density at radius 2 is 2.08 bits per heavy atom. The lowest BCUT2D eigenvalue weighted by atomic mass is 10.3. The molecule has 1 heterocycles. The van der Waals surface area contributed by atoms with E-state index in [0.717, 1.165) is 17.3 Å². The predicted octanol–water partition coefficient (Wildman–Crippen LogP) is 2.46. The summed E-state index contributed by atoms with van der Waals surface area (Å²) in [4.78, 5) is 0. The topological polar surface area (TPSA) is 24.1 Å². The molecule has 1 aliphatic heterocycles. The van der Waals surface area contributed by atoms with Crippen LogP contribution in [0.2, 0.25) is 5.02 Å². The molecular formula is C10H13ClN2. The van der Waals surface area contributed by atoms with Crippen molar-refractivity contribution in [3.63, 3.8) is 0 Å². The van der Waals surface area contributed by atoms with Crippen LogP contribution in [0.5, 0.6) is 0 Å². The van der Waals surface area contributed by atoms with Crippen molar-refractivity contribution >= 4 is 17.3 Å². The molecular weight excluding hydrogens is 184 g/mol. The summed E-state index contributed by atoms with van der Waals surface area (Å²) in [5, 5.41) is 7.56. The summed E-state index contributed by atoms with van der Waals surface area (Å²) in [6, 6.07) is 7.81. The van der Waals surface area contributed by atoms with Crippen molar-refractivity contribution in [1.29, 1.82) is 0 Å². The molecule has 1 aliphatic rings. The zero-order valence-corrected chi connectivity index (χ0v) is 8.14. The minimum absolute atomic E-state index is 0.432. The Morgan fingerprint density at radius 1 is 1.31 bits per heavy atom. The van der Waals surface area contributed by atoms with E-state index in [9.17, 15) is 0 Å². The summed E-state index contributed by atoms with van der Waals surface area (Å²) >= 11 is 5.78. The number of halogens is 1. The average molecular weight is 197 g/mol. The minimum Gasteiger partial charge on any atom is -0.370 e. The number of hydrogen-bond donors (Lipinski definition) is 2. The first-order chi connectivity index (χ1) is 6.34. The highest BCUT2D eigenvalue weighted by Crippen LogP contribution is 2.15. The molecule has 0 saturated carbocycles. The number of hydrogen-bond acceptors (Lipinski definition) is 2. The molecule has 0 amide bonds. The van der Waals surface area contributed by atoms with Gasteiger partial charge in [0.2, 0.25) is 0 Å². The van der Waals surface area contributed by atoms with Gasteiger partial charge in [0.25, 0.3) is 0 Å². The van der Waals surface area contributed by atoms with E-state index >= 15 is 0 Å². The molecule has 70 valence electrons. The van der Waals surface area contributed by atoms with E-state index in [1.807, 2.05) is 24.3 Å².